The molecule has 0 unspecified atom stereocenters. The van der Waals surface area contributed by atoms with E-state index in [1.807, 2.05) is 6.07 Å². The summed E-state index contributed by atoms with van der Waals surface area (Å²) in [6.07, 6.45) is 3.34. The minimum Gasteiger partial charge on any atom is -0.484 e. The van der Waals surface area contributed by atoms with Crippen molar-refractivity contribution in [3.05, 3.63) is 72.6 Å². The second-order valence-corrected chi connectivity index (χ2v) is 6.81. The van der Waals surface area contributed by atoms with Crippen molar-refractivity contribution in [2.45, 2.75) is 0 Å². The molecule has 4 N–H and O–H groups in total. The maximum Gasteiger partial charge on any atom is 0.257 e. The third-order valence-corrected chi connectivity index (χ3v) is 4.68. The van der Waals surface area contributed by atoms with Crippen LogP contribution in [0.3, 0.4) is 0 Å². The van der Waals surface area contributed by atoms with Gasteiger partial charge in [0, 0.05) is 30.4 Å². The number of pyridine rings is 1. The lowest BCUT2D eigenvalue weighted by Gasteiger charge is -2.14. The molecule has 4 aromatic rings. The zero-order valence-electron chi connectivity index (χ0n) is 17.2. The van der Waals surface area contributed by atoms with Crippen molar-refractivity contribution >= 4 is 34.2 Å². The fourth-order valence-electron chi connectivity index (χ4n) is 3.07. The Morgan fingerprint density at radius 1 is 1.06 bits per heavy atom. The Balaban J connectivity index is 1.82. The van der Waals surface area contributed by atoms with E-state index in [1.54, 1.807) is 60.9 Å². The van der Waals surface area contributed by atoms with Crippen molar-refractivity contribution in [1.82, 2.24) is 20.3 Å². The summed E-state index contributed by atoms with van der Waals surface area (Å²) in [6, 6.07) is 15.8. The zero-order valence-corrected chi connectivity index (χ0v) is 17.2. The second-order valence-electron chi connectivity index (χ2n) is 6.81. The maximum absolute atomic E-state index is 11.9. The molecule has 0 atom stereocenters. The summed E-state index contributed by atoms with van der Waals surface area (Å²) in [4.78, 5) is 36.9. The molecule has 0 aliphatic rings. The van der Waals surface area contributed by atoms with E-state index < -0.39 is 5.91 Å². The van der Waals surface area contributed by atoms with Crippen molar-refractivity contribution < 1.29 is 14.3 Å². The number of carbonyl (C=O) groups is 2. The van der Waals surface area contributed by atoms with Crippen molar-refractivity contribution in [2.24, 2.45) is 5.73 Å². The Morgan fingerprint density at radius 2 is 1.91 bits per heavy atom. The lowest BCUT2D eigenvalue weighted by molar-refractivity contribution is -0.122. The number of likely N-dealkylation sites (N-methyl/N-ethyl adjacent to an activating group) is 1. The van der Waals surface area contributed by atoms with Gasteiger partial charge in [0.05, 0.1) is 16.8 Å². The Kier molecular flexibility index (Phi) is 5.89. The standard InChI is InChI=1S/C23H20N6O3/c1-25-20(30)13-32-15-8-9-19-17(11-15)23(28-18-7-3-2-6-16(18)21(24)31)29-22(27-19)14-5-4-10-26-12-14/h2-12H,13H2,1H3,(H2,24,31)(H,25,30)(H,27,28,29). The molecule has 32 heavy (non-hydrogen) atoms. The Morgan fingerprint density at radius 3 is 2.66 bits per heavy atom. The fraction of sp³-hybridized carbons (Fsp3) is 0.0870. The quantitative estimate of drug-likeness (QED) is 0.412. The molecule has 2 amide bonds. The number of nitrogens with one attached hydrogen (secondary N) is 2. The van der Waals surface area contributed by atoms with Gasteiger partial charge < -0.3 is 21.1 Å². The number of hydrogen-bond donors (Lipinski definition) is 3. The molecule has 0 bridgehead atoms. The molecule has 9 heteroatoms. The van der Waals surface area contributed by atoms with Crippen molar-refractivity contribution in [1.29, 1.82) is 0 Å². The largest absolute Gasteiger partial charge is 0.484 e. The van der Waals surface area contributed by atoms with Crippen LogP contribution < -0.4 is 21.1 Å². The van der Waals surface area contributed by atoms with Crippen LogP contribution in [0.15, 0.2) is 67.0 Å². The number of carbonyl (C=O) groups excluding carboxylic acids is 2. The molecule has 2 aromatic carbocycles. The number of hydrogen-bond acceptors (Lipinski definition) is 7. The van der Waals surface area contributed by atoms with Crippen LogP contribution in [-0.4, -0.2) is 40.4 Å². The number of nitrogens with zero attached hydrogens (tertiary/aromatic N) is 3. The van der Waals surface area contributed by atoms with Crippen LogP contribution in [0.4, 0.5) is 11.5 Å². The number of primary amides is 1. The molecule has 0 aliphatic carbocycles. The number of ether oxygens (including phenoxy) is 1. The first-order valence-corrected chi connectivity index (χ1v) is 9.76. The molecule has 160 valence electrons. The summed E-state index contributed by atoms with van der Waals surface area (Å²) in [5, 5.41) is 6.36. The number of rotatable bonds is 7. The summed E-state index contributed by atoms with van der Waals surface area (Å²) in [6.45, 7) is -0.121. The maximum atomic E-state index is 11.9. The first-order chi connectivity index (χ1) is 15.5. The summed E-state index contributed by atoms with van der Waals surface area (Å²) in [7, 11) is 1.54. The predicted molar refractivity (Wildman–Crippen MR) is 121 cm³/mol. The highest BCUT2D eigenvalue weighted by atomic mass is 16.5. The van der Waals surface area contributed by atoms with E-state index in [9.17, 15) is 9.59 Å². The van der Waals surface area contributed by atoms with Gasteiger partial charge in [-0.2, -0.15) is 0 Å². The normalized spacial score (nSPS) is 10.5. The fourth-order valence-corrected chi connectivity index (χ4v) is 3.07. The van der Waals surface area contributed by atoms with E-state index in [0.717, 1.165) is 5.56 Å². The van der Waals surface area contributed by atoms with Gasteiger partial charge in [0.2, 0.25) is 0 Å². The average Bonchev–Trinajstić information content (AvgIpc) is 2.83. The highest BCUT2D eigenvalue weighted by Gasteiger charge is 2.14. The number of benzene rings is 2. The number of nitrogens with two attached hydrogens (primary N) is 1. The zero-order chi connectivity index (χ0) is 22.5. The lowest BCUT2D eigenvalue weighted by Crippen LogP contribution is -2.24. The van der Waals surface area contributed by atoms with Gasteiger partial charge in [-0.05, 0) is 42.5 Å². The molecule has 9 nitrogen and oxygen atoms in total. The molecule has 2 aromatic heterocycles. The molecular weight excluding hydrogens is 408 g/mol. The van der Waals surface area contributed by atoms with Gasteiger partial charge in [-0.25, -0.2) is 9.97 Å². The van der Waals surface area contributed by atoms with E-state index in [1.165, 1.54) is 7.05 Å². The van der Waals surface area contributed by atoms with Crippen LogP contribution in [0.5, 0.6) is 5.75 Å². The van der Waals surface area contributed by atoms with Crippen LogP contribution in [0, 0.1) is 0 Å². The van der Waals surface area contributed by atoms with Gasteiger partial charge in [0.15, 0.2) is 12.4 Å². The molecule has 0 radical (unpaired) electrons. The monoisotopic (exact) mass is 428 g/mol. The van der Waals surface area contributed by atoms with E-state index in [0.29, 0.717) is 39.5 Å². The number of fused-ring (bicyclic) bond motifs is 1. The van der Waals surface area contributed by atoms with E-state index in [4.69, 9.17) is 10.5 Å². The molecular formula is C23H20N6O3. The number of anilines is 2. The molecule has 0 spiro atoms. The van der Waals surface area contributed by atoms with E-state index in [-0.39, 0.29) is 12.5 Å². The smallest absolute Gasteiger partial charge is 0.257 e. The molecule has 4 rings (SSSR count). The topological polar surface area (TPSA) is 132 Å². The molecule has 0 aliphatic heterocycles. The second kappa shape index (κ2) is 9.09. The van der Waals surface area contributed by atoms with Gasteiger partial charge in [-0.3, -0.25) is 14.6 Å². The average molecular weight is 428 g/mol. The van der Waals surface area contributed by atoms with Gasteiger partial charge in [-0.15, -0.1) is 0 Å². The van der Waals surface area contributed by atoms with Gasteiger partial charge in [0.25, 0.3) is 11.8 Å². The molecule has 0 fully saturated rings. The summed E-state index contributed by atoms with van der Waals surface area (Å²) < 4.78 is 5.57. The van der Waals surface area contributed by atoms with Crippen LogP contribution in [0.25, 0.3) is 22.3 Å². The van der Waals surface area contributed by atoms with E-state index in [2.05, 4.69) is 25.6 Å². The SMILES string of the molecule is CNC(=O)COc1ccc2nc(-c3cccnc3)nc(Nc3ccccc3C(N)=O)c2c1. The van der Waals surface area contributed by atoms with Gasteiger partial charge >= 0.3 is 0 Å². The molecule has 0 saturated heterocycles. The van der Waals surface area contributed by atoms with Gasteiger partial charge in [-0.1, -0.05) is 12.1 Å². The highest BCUT2D eigenvalue weighted by Crippen LogP contribution is 2.31. The molecule has 2 heterocycles. The van der Waals surface area contributed by atoms with E-state index >= 15 is 0 Å². The van der Waals surface area contributed by atoms with Crippen LogP contribution in [-0.2, 0) is 4.79 Å². The summed E-state index contributed by atoms with van der Waals surface area (Å²) in [5.74, 6) is 0.581. The molecule has 0 saturated carbocycles. The number of amides is 2. The highest BCUT2D eigenvalue weighted by molar-refractivity contribution is 6.01. The minimum atomic E-state index is -0.562. The summed E-state index contributed by atoms with van der Waals surface area (Å²) in [5.41, 5.74) is 7.75. The van der Waals surface area contributed by atoms with Crippen LogP contribution >= 0.6 is 0 Å². The van der Waals surface area contributed by atoms with Crippen molar-refractivity contribution in [3.63, 3.8) is 0 Å². The Labute approximate surface area is 183 Å². The van der Waals surface area contributed by atoms with Crippen LogP contribution in [0.2, 0.25) is 0 Å². The summed E-state index contributed by atoms with van der Waals surface area (Å²) >= 11 is 0. The number of para-hydroxylation sites is 1. The Hall–Kier alpha value is -4.53. The first kappa shape index (κ1) is 20.7. The van der Waals surface area contributed by atoms with Gasteiger partial charge in [0.1, 0.15) is 11.6 Å². The predicted octanol–water partition coefficient (Wildman–Crippen LogP) is 2.66. The third kappa shape index (κ3) is 4.46. The Bertz CT molecular complexity index is 1290. The first-order valence-electron chi connectivity index (χ1n) is 9.76. The third-order valence-electron chi connectivity index (χ3n) is 4.68. The van der Waals surface area contributed by atoms with Crippen LogP contribution in [0.1, 0.15) is 10.4 Å². The number of aromatic nitrogens is 3. The minimum absolute atomic E-state index is 0.121. The van der Waals surface area contributed by atoms with Crippen molar-refractivity contribution in [3.8, 4) is 17.1 Å². The van der Waals surface area contributed by atoms with Crippen molar-refractivity contribution in [2.75, 3.05) is 19.0 Å². The lowest BCUT2D eigenvalue weighted by atomic mass is 10.1.